The van der Waals surface area contributed by atoms with Crippen molar-refractivity contribution in [2.45, 2.75) is 0 Å². The van der Waals surface area contributed by atoms with E-state index < -0.39 is 28.0 Å². The monoisotopic (exact) mass is 172 g/mol. The summed E-state index contributed by atoms with van der Waals surface area (Å²) in [5.41, 5.74) is 3.94. The molecule has 0 bridgehead atoms. The number of nitro groups is 1. The Morgan fingerprint density at radius 1 is 1.67 bits per heavy atom. The van der Waals surface area contributed by atoms with Gasteiger partial charge in [-0.25, -0.2) is 9.78 Å². The molecule has 0 spiro atoms. The molecule has 1 heterocycles. The minimum atomic E-state index is -1.03. The lowest BCUT2D eigenvalue weighted by Crippen LogP contribution is -2.12. The van der Waals surface area contributed by atoms with Crippen LogP contribution in [0.25, 0.3) is 0 Å². The molecule has 0 saturated carbocycles. The maximum atomic E-state index is 10.6. The second kappa shape index (κ2) is 2.49. The topological polar surface area (TPSA) is 135 Å². The molecule has 1 aromatic rings. The zero-order valence-corrected chi connectivity index (χ0v) is 5.64. The Bertz CT molecular complexity index is 383. The van der Waals surface area contributed by atoms with E-state index in [0.29, 0.717) is 0 Å². The summed E-state index contributed by atoms with van der Waals surface area (Å²) < 4.78 is 0. The lowest BCUT2D eigenvalue weighted by Gasteiger charge is -1.94. The Balaban J connectivity index is 3.41. The summed E-state index contributed by atoms with van der Waals surface area (Å²) >= 11 is 0. The van der Waals surface area contributed by atoms with Gasteiger partial charge in [0.05, 0.1) is 0 Å². The van der Waals surface area contributed by atoms with Crippen LogP contribution in [0.15, 0.2) is 4.79 Å². The maximum absolute atomic E-state index is 10.6. The van der Waals surface area contributed by atoms with E-state index in [0.717, 1.165) is 0 Å². The van der Waals surface area contributed by atoms with Gasteiger partial charge in [-0.3, -0.25) is 0 Å². The fourth-order valence-corrected chi connectivity index (χ4v) is 0.559. The summed E-state index contributed by atoms with van der Waals surface area (Å²) in [6.45, 7) is 0. The summed E-state index contributed by atoms with van der Waals surface area (Å²) in [6, 6.07) is 0. The van der Waals surface area contributed by atoms with Gasteiger partial charge in [0.15, 0.2) is 0 Å². The first-order chi connectivity index (χ1) is 5.52. The summed E-state index contributed by atoms with van der Waals surface area (Å²) in [7, 11) is 0. The molecule has 1 rings (SSSR count). The molecule has 8 nitrogen and oxygen atoms in total. The van der Waals surface area contributed by atoms with E-state index in [9.17, 15) is 14.9 Å². The van der Waals surface area contributed by atoms with Crippen molar-refractivity contribution in [1.82, 2.24) is 9.97 Å². The lowest BCUT2D eigenvalue weighted by molar-refractivity contribution is -0.394. The van der Waals surface area contributed by atoms with E-state index in [1.165, 1.54) is 0 Å². The number of H-pyrrole nitrogens is 1. The van der Waals surface area contributed by atoms with Crippen molar-refractivity contribution < 1.29 is 10.0 Å². The smallest absolute Gasteiger partial charge is 0.437 e. The van der Waals surface area contributed by atoms with Gasteiger partial charge >= 0.3 is 11.5 Å². The highest BCUT2D eigenvalue weighted by atomic mass is 16.6. The molecular formula is C4H4N4O4. The first-order valence-corrected chi connectivity index (χ1v) is 2.75. The van der Waals surface area contributed by atoms with Crippen LogP contribution in [0.2, 0.25) is 0 Å². The largest absolute Gasteiger partial charge is 0.498 e. The third-order valence-corrected chi connectivity index (χ3v) is 1.08. The second-order valence-electron chi connectivity index (χ2n) is 1.88. The van der Waals surface area contributed by atoms with Crippen molar-refractivity contribution in [3.05, 3.63) is 20.5 Å². The van der Waals surface area contributed by atoms with Crippen molar-refractivity contribution in [2.75, 3.05) is 5.73 Å². The number of rotatable bonds is 1. The molecule has 0 fully saturated rings. The number of aromatic hydroxyl groups is 1. The molecule has 0 amide bonds. The molecule has 1 aromatic heterocycles. The van der Waals surface area contributed by atoms with Crippen molar-refractivity contribution in [2.24, 2.45) is 0 Å². The van der Waals surface area contributed by atoms with Crippen molar-refractivity contribution >= 4 is 11.8 Å². The van der Waals surface area contributed by atoms with Crippen LogP contribution in [-0.2, 0) is 0 Å². The average Bonchev–Trinajstić information content (AvgIpc) is 1.99. The summed E-state index contributed by atoms with van der Waals surface area (Å²) in [6.07, 6.45) is 0. The first kappa shape index (κ1) is 7.98. The summed E-state index contributed by atoms with van der Waals surface area (Å²) in [5, 5.41) is 18.8. The van der Waals surface area contributed by atoms with Gasteiger partial charge < -0.3 is 21.0 Å². The van der Waals surface area contributed by atoms with E-state index in [2.05, 4.69) is 4.98 Å². The molecule has 0 radical (unpaired) electrons. The van der Waals surface area contributed by atoms with E-state index in [4.69, 9.17) is 10.8 Å². The molecule has 0 aliphatic rings. The van der Waals surface area contributed by atoms with Crippen molar-refractivity contribution in [1.29, 1.82) is 0 Å². The van der Waals surface area contributed by atoms with Gasteiger partial charge in [0.25, 0.3) is 11.6 Å². The molecule has 0 atom stereocenters. The Hall–Kier alpha value is -2.12. The predicted octanol–water partition coefficient (Wildman–Crippen LogP) is -1.03. The standard InChI is InChI=1S/C4H4N4O4/c5-2-1(9)3(10)7-4(6-2)8(11)12/h9H,(H3,5,6,7,10). The van der Waals surface area contributed by atoms with Gasteiger partial charge in [-0.2, -0.15) is 0 Å². The molecular weight excluding hydrogens is 168 g/mol. The van der Waals surface area contributed by atoms with Gasteiger partial charge in [-0.1, -0.05) is 0 Å². The Kier molecular flexibility index (Phi) is 1.66. The minimum Gasteiger partial charge on any atom is -0.498 e. The van der Waals surface area contributed by atoms with Crippen LogP contribution < -0.4 is 11.3 Å². The zero-order chi connectivity index (χ0) is 9.30. The number of hydrogen-bond donors (Lipinski definition) is 3. The van der Waals surface area contributed by atoms with E-state index >= 15 is 0 Å². The number of aromatic amines is 1. The number of nitrogens with one attached hydrogen (secondary N) is 1. The summed E-state index contributed by atoms with van der Waals surface area (Å²) in [5.74, 6) is -2.18. The van der Waals surface area contributed by atoms with Gasteiger partial charge in [0, 0.05) is 0 Å². The van der Waals surface area contributed by atoms with Gasteiger partial charge in [-0.05, 0) is 9.91 Å². The summed E-state index contributed by atoms with van der Waals surface area (Å²) in [4.78, 5) is 24.6. The highest BCUT2D eigenvalue weighted by Crippen LogP contribution is 2.11. The van der Waals surface area contributed by atoms with Gasteiger partial charge in [0.2, 0.25) is 0 Å². The number of nitrogens with zero attached hydrogens (tertiary/aromatic N) is 2. The number of nitrogens with two attached hydrogens (primary N) is 1. The van der Waals surface area contributed by atoms with Crippen LogP contribution in [0.1, 0.15) is 0 Å². The number of anilines is 1. The highest BCUT2D eigenvalue weighted by molar-refractivity contribution is 5.44. The molecule has 8 heteroatoms. The normalized spacial score (nSPS) is 9.67. The maximum Gasteiger partial charge on any atom is 0.437 e. The fraction of sp³-hybridized carbons (Fsp3) is 0. The number of aromatic nitrogens is 2. The SMILES string of the molecule is Nc1nc([N+](=O)[O-])[nH]c(=O)c1O. The molecule has 0 aliphatic heterocycles. The van der Waals surface area contributed by atoms with E-state index in [-0.39, 0.29) is 0 Å². The van der Waals surface area contributed by atoms with E-state index in [1.807, 2.05) is 0 Å². The van der Waals surface area contributed by atoms with Crippen molar-refractivity contribution in [3.63, 3.8) is 0 Å². The lowest BCUT2D eigenvalue weighted by atomic mass is 10.5. The molecule has 12 heavy (non-hydrogen) atoms. The van der Waals surface area contributed by atoms with Crippen LogP contribution in [0.5, 0.6) is 5.75 Å². The third-order valence-electron chi connectivity index (χ3n) is 1.08. The van der Waals surface area contributed by atoms with E-state index in [1.54, 1.807) is 4.98 Å². The molecule has 4 N–H and O–H groups in total. The number of nitrogen functional groups attached to an aromatic ring is 1. The molecule has 0 aliphatic carbocycles. The fourth-order valence-electron chi connectivity index (χ4n) is 0.559. The molecule has 64 valence electrons. The predicted molar refractivity (Wildman–Crippen MR) is 37.6 cm³/mol. The zero-order valence-electron chi connectivity index (χ0n) is 5.64. The molecule has 0 aromatic carbocycles. The molecule has 0 unspecified atom stereocenters. The minimum absolute atomic E-state index is 0.564. The molecule has 0 saturated heterocycles. The Morgan fingerprint density at radius 2 is 2.25 bits per heavy atom. The van der Waals surface area contributed by atoms with Crippen LogP contribution in [0, 0.1) is 10.1 Å². The van der Waals surface area contributed by atoms with Crippen LogP contribution in [0.3, 0.4) is 0 Å². The van der Waals surface area contributed by atoms with Crippen LogP contribution >= 0.6 is 0 Å². The number of hydrogen-bond acceptors (Lipinski definition) is 6. The van der Waals surface area contributed by atoms with Crippen molar-refractivity contribution in [3.8, 4) is 5.75 Å². The second-order valence-corrected chi connectivity index (χ2v) is 1.88. The first-order valence-electron chi connectivity index (χ1n) is 2.75. The van der Waals surface area contributed by atoms with Gasteiger partial charge in [-0.15, -0.1) is 0 Å². The van der Waals surface area contributed by atoms with Crippen LogP contribution in [-0.4, -0.2) is 20.0 Å². The Labute approximate surface area is 64.8 Å². The van der Waals surface area contributed by atoms with Gasteiger partial charge in [0.1, 0.15) is 0 Å². The third kappa shape index (κ3) is 1.17. The quantitative estimate of drug-likeness (QED) is 0.366. The van der Waals surface area contributed by atoms with Crippen LogP contribution in [0.4, 0.5) is 11.8 Å². The average molecular weight is 172 g/mol. The highest BCUT2D eigenvalue weighted by Gasteiger charge is 2.15. The Morgan fingerprint density at radius 3 is 2.67 bits per heavy atom.